The second-order valence-electron chi connectivity index (χ2n) is 5.75. The zero-order chi connectivity index (χ0) is 15.8. The Bertz CT molecular complexity index is 918. The highest BCUT2D eigenvalue weighted by Gasteiger charge is 2.17. The molecule has 0 bridgehead atoms. The van der Waals surface area contributed by atoms with Crippen molar-refractivity contribution in [2.45, 2.75) is 13.0 Å². The number of hydrogen-bond donors (Lipinski definition) is 2. The molecule has 4 nitrogen and oxygen atoms in total. The van der Waals surface area contributed by atoms with Gasteiger partial charge in [0, 0.05) is 17.5 Å². The van der Waals surface area contributed by atoms with E-state index < -0.39 is 5.97 Å². The number of rotatable bonds is 2. The van der Waals surface area contributed by atoms with Crippen LogP contribution in [0.2, 0.25) is 0 Å². The number of carbonyl (C=O) groups is 1. The molecule has 0 aliphatic carbocycles. The number of nitrogens with one attached hydrogen (secondary N) is 1. The predicted molar refractivity (Wildman–Crippen MR) is 89.5 cm³/mol. The number of fused-ring (bicyclic) bond motifs is 2. The van der Waals surface area contributed by atoms with E-state index in [9.17, 15) is 9.90 Å². The van der Waals surface area contributed by atoms with Gasteiger partial charge in [-0.1, -0.05) is 36.4 Å². The Hall–Kier alpha value is -2.72. The number of aromatic carboxylic acids is 1. The summed E-state index contributed by atoms with van der Waals surface area (Å²) >= 11 is 0. The van der Waals surface area contributed by atoms with Gasteiger partial charge in [0.1, 0.15) is 0 Å². The van der Waals surface area contributed by atoms with Gasteiger partial charge in [0.15, 0.2) is 0 Å². The maximum atomic E-state index is 11.6. The summed E-state index contributed by atoms with van der Waals surface area (Å²) in [4.78, 5) is 16.4. The van der Waals surface area contributed by atoms with Crippen LogP contribution in [0.15, 0.2) is 48.5 Å². The monoisotopic (exact) mass is 304 g/mol. The summed E-state index contributed by atoms with van der Waals surface area (Å²) in [6.07, 6.45) is 0.933. The number of benzene rings is 2. The lowest BCUT2D eigenvalue weighted by molar-refractivity contribution is 0.0699. The molecule has 0 saturated heterocycles. The molecule has 114 valence electrons. The molecule has 4 rings (SSSR count). The standard InChI is InChI=1S/C19H16N2O2/c22-19(23)16-10-18(21-17-7-2-1-5-15(16)17)14-6-3-4-12-11-20-9-8-13(12)14/h1-7,10,20H,8-9,11H2,(H,22,23). The summed E-state index contributed by atoms with van der Waals surface area (Å²) in [5, 5.41) is 13.6. The van der Waals surface area contributed by atoms with Crippen molar-refractivity contribution in [3.05, 3.63) is 65.2 Å². The molecule has 0 unspecified atom stereocenters. The van der Waals surface area contributed by atoms with Gasteiger partial charge in [0.2, 0.25) is 0 Å². The quantitative estimate of drug-likeness (QED) is 0.763. The largest absolute Gasteiger partial charge is 0.478 e. The van der Waals surface area contributed by atoms with Gasteiger partial charge in [0.05, 0.1) is 16.8 Å². The van der Waals surface area contributed by atoms with E-state index in [0.29, 0.717) is 16.5 Å². The molecule has 0 radical (unpaired) electrons. The zero-order valence-electron chi connectivity index (χ0n) is 12.5. The van der Waals surface area contributed by atoms with Gasteiger partial charge in [-0.2, -0.15) is 0 Å². The second kappa shape index (κ2) is 5.48. The number of hydrogen-bond acceptors (Lipinski definition) is 3. The minimum absolute atomic E-state index is 0.303. The normalized spacial score (nSPS) is 13.7. The van der Waals surface area contributed by atoms with Crippen LogP contribution < -0.4 is 5.32 Å². The molecule has 0 amide bonds. The first-order valence-electron chi connectivity index (χ1n) is 7.69. The van der Waals surface area contributed by atoms with Crippen molar-refractivity contribution in [2.75, 3.05) is 6.54 Å². The van der Waals surface area contributed by atoms with Gasteiger partial charge in [-0.15, -0.1) is 0 Å². The average Bonchev–Trinajstić information content (AvgIpc) is 2.60. The fraction of sp³-hybridized carbons (Fsp3) is 0.158. The smallest absolute Gasteiger partial charge is 0.336 e. The molecule has 0 spiro atoms. The van der Waals surface area contributed by atoms with Gasteiger partial charge in [0.25, 0.3) is 0 Å². The Morgan fingerprint density at radius 1 is 1.13 bits per heavy atom. The minimum atomic E-state index is -0.920. The maximum Gasteiger partial charge on any atom is 0.336 e. The topological polar surface area (TPSA) is 62.2 Å². The minimum Gasteiger partial charge on any atom is -0.478 e. The zero-order valence-corrected chi connectivity index (χ0v) is 12.5. The Balaban J connectivity index is 1.98. The third-order valence-corrected chi connectivity index (χ3v) is 4.36. The van der Waals surface area contributed by atoms with E-state index >= 15 is 0 Å². The highest BCUT2D eigenvalue weighted by molar-refractivity contribution is 6.03. The van der Waals surface area contributed by atoms with Crippen molar-refractivity contribution in [3.63, 3.8) is 0 Å². The Kier molecular flexibility index (Phi) is 3.32. The summed E-state index contributed by atoms with van der Waals surface area (Å²) in [6.45, 7) is 1.78. The highest BCUT2D eigenvalue weighted by atomic mass is 16.4. The first-order chi connectivity index (χ1) is 11.2. The fourth-order valence-electron chi connectivity index (χ4n) is 3.26. The first kappa shape index (κ1) is 13.9. The van der Waals surface area contributed by atoms with Crippen LogP contribution >= 0.6 is 0 Å². The van der Waals surface area contributed by atoms with E-state index in [2.05, 4.69) is 11.4 Å². The van der Waals surface area contributed by atoms with E-state index in [4.69, 9.17) is 4.98 Å². The SMILES string of the molecule is O=C(O)c1cc(-c2cccc3c2CCNC3)nc2ccccc12. The lowest BCUT2D eigenvalue weighted by atomic mass is 9.92. The summed E-state index contributed by atoms with van der Waals surface area (Å²) in [7, 11) is 0. The molecule has 2 N–H and O–H groups in total. The molecule has 4 heteroatoms. The van der Waals surface area contributed by atoms with Crippen molar-refractivity contribution in [1.82, 2.24) is 10.3 Å². The molecule has 1 aliphatic heterocycles. The maximum absolute atomic E-state index is 11.6. The van der Waals surface area contributed by atoms with Gasteiger partial charge >= 0.3 is 5.97 Å². The van der Waals surface area contributed by atoms with Gasteiger partial charge in [-0.3, -0.25) is 0 Å². The molecular formula is C19H16N2O2. The number of carboxylic acid groups (broad SMARTS) is 1. The fourth-order valence-corrected chi connectivity index (χ4v) is 3.26. The number of aromatic nitrogens is 1. The third kappa shape index (κ3) is 2.37. The van der Waals surface area contributed by atoms with Crippen LogP contribution in [-0.4, -0.2) is 22.6 Å². The number of para-hydroxylation sites is 1. The molecule has 1 aliphatic rings. The molecule has 0 saturated carbocycles. The van der Waals surface area contributed by atoms with Crippen LogP contribution in [0.4, 0.5) is 0 Å². The van der Waals surface area contributed by atoms with E-state index in [-0.39, 0.29) is 0 Å². The summed E-state index contributed by atoms with van der Waals surface area (Å²) in [5.41, 5.74) is 5.33. The van der Waals surface area contributed by atoms with Gasteiger partial charge in [-0.05, 0) is 36.2 Å². The molecule has 0 atom stereocenters. The van der Waals surface area contributed by atoms with E-state index in [1.165, 1.54) is 11.1 Å². The summed E-state index contributed by atoms with van der Waals surface area (Å²) < 4.78 is 0. The number of carboxylic acids is 1. The Morgan fingerprint density at radius 3 is 2.87 bits per heavy atom. The summed E-state index contributed by atoms with van der Waals surface area (Å²) in [6, 6.07) is 15.3. The lowest BCUT2D eigenvalue weighted by Gasteiger charge is -2.20. The van der Waals surface area contributed by atoms with Gasteiger partial charge in [-0.25, -0.2) is 9.78 Å². The van der Waals surface area contributed by atoms with Crippen LogP contribution in [0.25, 0.3) is 22.2 Å². The predicted octanol–water partition coefficient (Wildman–Crippen LogP) is 3.25. The highest BCUT2D eigenvalue weighted by Crippen LogP contribution is 2.30. The molecule has 2 heterocycles. The van der Waals surface area contributed by atoms with Crippen LogP contribution in [0.1, 0.15) is 21.5 Å². The van der Waals surface area contributed by atoms with Gasteiger partial charge < -0.3 is 10.4 Å². The van der Waals surface area contributed by atoms with Crippen molar-refractivity contribution >= 4 is 16.9 Å². The molecule has 23 heavy (non-hydrogen) atoms. The van der Waals surface area contributed by atoms with E-state index in [1.807, 2.05) is 30.3 Å². The molecule has 2 aromatic carbocycles. The molecule has 3 aromatic rings. The number of nitrogens with zero attached hydrogens (tertiary/aromatic N) is 1. The average molecular weight is 304 g/mol. The molecule has 0 fully saturated rings. The van der Waals surface area contributed by atoms with Crippen molar-refractivity contribution < 1.29 is 9.90 Å². The van der Waals surface area contributed by atoms with Crippen LogP contribution in [0.5, 0.6) is 0 Å². The van der Waals surface area contributed by atoms with Crippen LogP contribution in [0, 0.1) is 0 Å². The Morgan fingerprint density at radius 2 is 2.00 bits per heavy atom. The van der Waals surface area contributed by atoms with Crippen LogP contribution in [-0.2, 0) is 13.0 Å². The number of pyridine rings is 1. The van der Waals surface area contributed by atoms with Crippen molar-refractivity contribution in [2.24, 2.45) is 0 Å². The lowest BCUT2D eigenvalue weighted by Crippen LogP contribution is -2.24. The molecule has 1 aromatic heterocycles. The van der Waals surface area contributed by atoms with Crippen molar-refractivity contribution in [3.8, 4) is 11.3 Å². The van der Waals surface area contributed by atoms with Crippen molar-refractivity contribution in [1.29, 1.82) is 0 Å². The third-order valence-electron chi connectivity index (χ3n) is 4.36. The van der Waals surface area contributed by atoms with E-state index in [0.717, 1.165) is 30.8 Å². The Labute approximate surface area is 133 Å². The second-order valence-corrected chi connectivity index (χ2v) is 5.75. The van der Waals surface area contributed by atoms with Crippen LogP contribution in [0.3, 0.4) is 0 Å². The van der Waals surface area contributed by atoms with E-state index in [1.54, 1.807) is 12.1 Å². The molecular weight excluding hydrogens is 288 g/mol. The first-order valence-corrected chi connectivity index (χ1v) is 7.69. The summed E-state index contributed by atoms with van der Waals surface area (Å²) in [5.74, 6) is -0.920.